The van der Waals surface area contributed by atoms with Crippen LogP contribution in [0.3, 0.4) is 0 Å². The molecule has 0 aliphatic carbocycles. The largest absolute Gasteiger partial charge is 0.379 e. The van der Waals surface area contributed by atoms with Gasteiger partial charge in [0.25, 0.3) is 5.91 Å². The van der Waals surface area contributed by atoms with E-state index in [1.807, 2.05) is 26.1 Å². The predicted molar refractivity (Wildman–Crippen MR) is 126 cm³/mol. The zero-order valence-corrected chi connectivity index (χ0v) is 20.5. The lowest BCUT2D eigenvalue weighted by Gasteiger charge is -2.17. The second kappa shape index (κ2) is 15.4. The summed E-state index contributed by atoms with van der Waals surface area (Å²) in [5.41, 5.74) is 0.159. The molecule has 3 amide bonds. The molecule has 1 unspecified atom stereocenters. The van der Waals surface area contributed by atoms with Crippen molar-refractivity contribution in [2.75, 3.05) is 24.9 Å². The van der Waals surface area contributed by atoms with Crippen LogP contribution in [0.5, 0.6) is 0 Å². The highest BCUT2D eigenvalue weighted by atomic mass is 35.5. The summed E-state index contributed by atoms with van der Waals surface area (Å²) in [6, 6.07) is 4.61. The smallest absolute Gasteiger partial charge is 0.360 e. The van der Waals surface area contributed by atoms with Crippen molar-refractivity contribution in [2.45, 2.75) is 57.6 Å². The molecule has 1 aromatic carbocycles. The number of anilines is 1. The first-order chi connectivity index (χ1) is 15.7. The van der Waals surface area contributed by atoms with E-state index in [0.717, 1.165) is 0 Å². The van der Waals surface area contributed by atoms with E-state index < -0.39 is 23.8 Å². The molecule has 0 bridgehead atoms. The molecule has 0 heterocycles. The Bertz CT molecular complexity index is 806. The minimum atomic E-state index is -3.56. The Kier molecular flexibility index (Phi) is 14.2. The van der Waals surface area contributed by atoms with Gasteiger partial charge in [0.15, 0.2) is 5.78 Å². The molecule has 0 aromatic heterocycles. The molecule has 6 N–H and O–H groups in total. The van der Waals surface area contributed by atoms with Crippen LogP contribution in [-0.2, 0) is 19.1 Å². The van der Waals surface area contributed by atoms with Gasteiger partial charge in [-0.2, -0.15) is 0 Å². The van der Waals surface area contributed by atoms with Crippen LogP contribution in [0, 0.1) is 0 Å². The van der Waals surface area contributed by atoms with Crippen LogP contribution in [0.4, 0.5) is 5.69 Å². The van der Waals surface area contributed by atoms with E-state index in [-0.39, 0.29) is 28.5 Å². The fourth-order valence-electron chi connectivity index (χ4n) is 2.24. The topological polar surface area (TPSA) is 174 Å². The Morgan fingerprint density at radius 2 is 1.76 bits per heavy atom. The lowest BCUT2D eigenvalue weighted by molar-refractivity contribution is -0.284. The number of unbranched alkanes of at least 4 members (excludes halogenated alkanes) is 1. The predicted octanol–water partition coefficient (Wildman–Crippen LogP) is 0.510. The number of ether oxygens (including phenoxy) is 1. The van der Waals surface area contributed by atoms with Crippen LogP contribution >= 0.6 is 11.6 Å². The van der Waals surface area contributed by atoms with E-state index in [2.05, 4.69) is 10.6 Å². The Morgan fingerprint density at radius 1 is 1.15 bits per heavy atom. The van der Waals surface area contributed by atoms with E-state index in [0.29, 0.717) is 32.2 Å². The quantitative estimate of drug-likeness (QED) is 0.103. The maximum atomic E-state index is 12.4. The average Bonchev–Trinajstić information content (AvgIpc) is 2.77. The molecule has 34 heavy (non-hydrogen) atoms. The van der Waals surface area contributed by atoms with Crippen molar-refractivity contribution >= 4 is 41.3 Å². The summed E-state index contributed by atoms with van der Waals surface area (Å²) in [5, 5.41) is 33.5. The number of halogens is 1. The molecule has 0 saturated carbocycles. The number of hydrogen-bond acceptors (Lipinski definition) is 8. The second-order valence-electron chi connectivity index (χ2n) is 8.18. The fraction of sp³-hybridized carbons (Fsp3) is 0.545. The molecule has 11 nitrogen and oxygen atoms in total. The molecule has 0 aliphatic heterocycles. The van der Waals surface area contributed by atoms with Gasteiger partial charge in [-0.25, -0.2) is 0 Å². The van der Waals surface area contributed by atoms with Gasteiger partial charge < -0.3 is 36.0 Å². The lowest BCUT2D eigenvalue weighted by atomic mass is 10.0. The number of ketones is 1. The number of carbonyl (C=O) groups is 4. The van der Waals surface area contributed by atoms with Gasteiger partial charge in [-0.05, 0) is 58.2 Å². The Morgan fingerprint density at radius 3 is 2.26 bits per heavy atom. The number of amides is 3. The number of rotatable bonds is 12. The normalized spacial score (nSPS) is 12.0. The molecule has 1 rings (SSSR count). The standard InChI is InChI=1S/C17H22ClN3O7.C5H12O/c18-9-14(23)13(6-1-2-7-19-10-22)21-15(24)11-4-3-5-12(8-11)20-16(25)17(26,27)28;1-5(2,3)6-4/h3-5,8,10,13,26-28H,1-2,6-7,9H2,(H,19,22)(H,20,25)(H,21,24);1-4H3. The SMILES string of the molecule is COC(C)(C)C.O=CNCCCCC(NC(=O)c1cccc(NC(=O)C(O)(O)O)c1)C(=O)CCl. The third-order valence-corrected chi connectivity index (χ3v) is 4.54. The van der Waals surface area contributed by atoms with Crippen molar-refractivity contribution in [1.82, 2.24) is 10.6 Å². The van der Waals surface area contributed by atoms with Crippen LogP contribution in [0.1, 0.15) is 50.4 Å². The summed E-state index contributed by atoms with van der Waals surface area (Å²) in [4.78, 5) is 45.9. The highest BCUT2D eigenvalue weighted by Gasteiger charge is 2.30. The van der Waals surface area contributed by atoms with E-state index in [4.69, 9.17) is 31.7 Å². The molecule has 0 fully saturated rings. The van der Waals surface area contributed by atoms with Crippen LogP contribution in [0.25, 0.3) is 0 Å². The Labute approximate surface area is 203 Å². The minimum Gasteiger partial charge on any atom is -0.379 e. The van der Waals surface area contributed by atoms with Crippen LogP contribution in [-0.4, -0.2) is 76.5 Å². The molecule has 0 spiro atoms. The van der Waals surface area contributed by atoms with Crippen LogP contribution < -0.4 is 16.0 Å². The number of carbonyl (C=O) groups excluding carboxylic acids is 4. The summed E-state index contributed by atoms with van der Waals surface area (Å²) in [7, 11) is 1.71. The molecule has 12 heteroatoms. The van der Waals surface area contributed by atoms with Crippen molar-refractivity contribution in [3.05, 3.63) is 29.8 Å². The average molecular weight is 504 g/mol. The van der Waals surface area contributed by atoms with Gasteiger partial charge in [-0.3, -0.25) is 19.2 Å². The van der Waals surface area contributed by atoms with Crippen molar-refractivity contribution in [2.24, 2.45) is 0 Å². The van der Waals surface area contributed by atoms with E-state index in [1.165, 1.54) is 24.3 Å². The number of alkyl halides is 1. The monoisotopic (exact) mass is 503 g/mol. The molecule has 1 atom stereocenters. The summed E-state index contributed by atoms with van der Waals surface area (Å²) < 4.78 is 4.94. The molecular formula is C22H34ClN3O8. The van der Waals surface area contributed by atoms with E-state index >= 15 is 0 Å². The fourth-order valence-corrected chi connectivity index (χ4v) is 2.42. The van der Waals surface area contributed by atoms with E-state index in [9.17, 15) is 19.2 Å². The first-order valence-corrected chi connectivity index (χ1v) is 11.0. The summed E-state index contributed by atoms with van der Waals surface area (Å²) in [6.45, 7) is 6.51. The van der Waals surface area contributed by atoms with Crippen LogP contribution in [0.15, 0.2) is 24.3 Å². The zero-order chi connectivity index (χ0) is 26.4. The van der Waals surface area contributed by atoms with Crippen molar-refractivity contribution in [3.63, 3.8) is 0 Å². The first-order valence-electron chi connectivity index (χ1n) is 10.5. The molecule has 0 saturated heterocycles. The van der Waals surface area contributed by atoms with Gasteiger partial charge in [0, 0.05) is 24.9 Å². The van der Waals surface area contributed by atoms with Gasteiger partial charge in [0.1, 0.15) is 0 Å². The lowest BCUT2D eigenvalue weighted by Crippen LogP contribution is -2.42. The maximum Gasteiger partial charge on any atom is 0.360 e. The number of aliphatic hydroxyl groups is 3. The highest BCUT2D eigenvalue weighted by Crippen LogP contribution is 2.13. The van der Waals surface area contributed by atoms with Gasteiger partial charge in [0.2, 0.25) is 6.41 Å². The minimum absolute atomic E-state index is 0.0272. The number of Topliss-reactive ketones (excluding diaryl/α,β-unsaturated/α-hetero) is 1. The first kappa shape index (κ1) is 31.4. The number of hydrogen-bond donors (Lipinski definition) is 6. The number of benzene rings is 1. The number of nitrogens with one attached hydrogen (secondary N) is 3. The molecule has 0 aliphatic rings. The molecular weight excluding hydrogens is 470 g/mol. The van der Waals surface area contributed by atoms with Gasteiger partial charge in [0.05, 0.1) is 17.5 Å². The summed E-state index contributed by atoms with van der Waals surface area (Å²) in [6.07, 6.45) is 2.09. The molecule has 1 aromatic rings. The second-order valence-corrected chi connectivity index (χ2v) is 8.45. The highest BCUT2D eigenvalue weighted by molar-refractivity contribution is 6.28. The number of methoxy groups -OCH3 is 1. The Balaban J connectivity index is 0.00000160. The van der Waals surface area contributed by atoms with Gasteiger partial charge >= 0.3 is 11.9 Å². The maximum absolute atomic E-state index is 12.4. The molecule has 0 radical (unpaired) electrons. The molecule has 192 valence electrons. The van der Waals surface area contributed by atoms with Gasteiger partial charge in [-0.1, -0.05) is 6.07 Å². The summed E-state index contributed by atoms with van der Waals surface area (Å²) >= 11 is 5.59. The van der Waals surface area contributed by atoms with E-state index in [1.54, 1.807) is 7.11 Å². The Hall–Kier alpha value is -2.57. The van der Waals surface area contributed by atoms with Crippen molar-refractivity contribution in [3.8, 4) is 0 Å². The third kappa shape index (κ3) is 13.9. The van der Waals surface area contributed by atoms with Crippen molar-refractivity contribution in [1.29, 1.82) is 0 Å². The third-order valence-electron chi connectivity index (χ3n) is 4.27. The van der Waals surface area contributed by atoms with Crippen LogP contribution in [0.2, 0.25) is 0 Å². The zero-order valence-electron chi connectivity index (χ0n) is 19.8. The summed E-state index contributed by atoms with van der Waals surface area (Å²) in [5.74, 6) is -6.31. The van der Waals surface area contributed by atoms with Gasteiger partial charge in [-0.15, -0.1) is 11.6 Å². The van der Waals surface area contributed by atoms with Crippen molar-refractivity contribution < 1.29 is 39.2 Å².